The number of carbonyl (C=O) groups is 2. The highest BCUT2D eigenvalue weighted by atomic mass is 32.2. The van der Waals surface area contributed by atoms with E-state index in [1.54, 1.807) is 0 Å². The van der Waals surface area contributed by atoms with E-state index >= 15 is 0 Å². The van der Waals surface area contributed by atoms with Crippen LogP contribution >= 0.6 is 0 Å². The monoisotopic (exact) mass is 321 g/mol. The van der Waals surface area contributed by atoms with Crippen molar-refractivity contribution in [3.63, 3.8) is 0 Å². The SMILES string of the molecule is CC(=O)N[C@@H](CS(=O)(=O)Cc1cccc(F)c1F)C(=O)O. The zero-order valence-corrected chi connectivity index (χ0v) is 11.8. The molecule has 9 heteroatoms. The first-order valence-electron chi connectivity index (χ1n) is 5.75. The molecule has 116 valence electrons. The van der Waals surface area contributed by atoms with E-state index < -0.39 is 56.5 Å². The van der Waals surface area contributed by atoms with Crippen molar-refractivity contribution in [2.24, 2.45) is 0 Å². The molecule has 0 fully saturated rings. The number of amides is 1. The van der Waals surface area contributed by atoms with Crippen molar-refractivity contribution in [1.82, 2.24) is 5.32 Å². The van der Waals surface area contributed by atoms with Crippen molar-refractivity contribution in [1.29, 1.82) is 0 Å². The van der Waals surface area contributed by atoms with Gasteiger partial charge in [-0.15, -0.1) is 0 Å². The number of hydrogen-bond acceptors (Lipinski definition) is 4. The number of aliphatic carboxylic acids is 1. The summed E-state index contributed by atoms with van der Waals surface area (Å²) in [5.74, 6) is -6.52. The summed E-state index contributed by atoms with van der Waals surface area (Å²) < 4.78 is 50.1. The average molecular weight is 321 g/mol. The van der Waals surface area contributed by atoms with Gasteiger partial charge >= 0.3 is 5.97 Å². The molecule has 0 aliphatic heterocycles. The molecule has 6 nitrogen and oxygen atoms in total. The standard InChI is InChI=1S/C12H13F2NO5S/c1-7(16)15-10(12(17)18)6-21(19,20)5-8-3-2-4-9(13)11(8)14/h2-4,10H,5-6H2,1H3,(H,15,16)(H,17,18)/t10-/m0/s1. The van der Waals surface area contributed by atoms with Crippen LogP contribution in [-0.4, -0.2) is 37.2 Å². The summed E-state index contributed by atoms with van der Waals surface area (Å²) in [5, 5.41) is 10.8. The van der Waals surface area contributed by atoms with Gasteiger partial charge in [-0.2, -0.15) is 0 Å². The molecule has 1 amide bonds. The highest BCUT2D eigenvalue weighted by molar-refractivity contribution is 7.90. The lowest BCUT2D eigenvalue weighted by atomic mass is 10.2. The Kier molecular flexibility index (Phi) is 5.36. The smallest absolute Gasteiger partial charge is 0.327 e. The predicted molar refractivity (Wildman–Crippen MR) is 69.1 cm³/mol. The summed E-state index contributed by atoms with van der Waals surface area (Å²) in [6.45, 7) is 1.04. The summed E-state index contributed by atoms with van der Waals surface area (Å²) >= 11 is 0. The number of halogens is 2. The summed E-state index contributed by atoms with van der Waals surface area (Å²) in [6, 6.07) is 1.42. The molecule has 2 N–H and O–H groups in total. The summed E-state index contributed by atoms with van der Waals surface area (Å²) in [7, 11) is -4.07. The zero-order valence-electron chi connectivity index (χ0n) is 11.0. The molecule has 0 radical (unpaired) electrons. The Morgan fingerprint density at radius 1 is 1.33 bits per heavy atom. The van der Waals surface area contributed by atoms with Crippen molar-refractivity contribution >= 4 is 21.7 Å². The number of carbonyl (C=O) groups excluding carboxylic acids is 1. The molecule has 0 spiro atoms. The number of carboxylic acid groups (broad SMARTS) is 1. The van der Waals surface area contributed by atoms with Crippen molar-refractivity contribution in [3.8, 4) is 0 Å². The minimum atomic E-state index is -4.07. The van der Waals surface area contributed by atoms with E-state index in [1.165, 1.54) is 0 Å². The second-order valence-corrected chi connectivity index (χ2v) is 6.47. The Balaban J connectivity index is 2.93. The van der Waals surface area contributed by atoms with Crippen LogP contribution in [-0.2, 0) is 25.2 Å². The third-order valence-corrected chi connectivity index (χ3v) is 4.10. The van der Waals surface area contributed by atoms with Crippen LogP contribution in [0.3, 0.4) is 0 Å². The van der Waals surface area contributed by atoms with E-state index in [1.807, 2.05) is 5.32 Å². The maximum atomic E-state index is 13.4. The zero-order chi connectivity index (χ0) is 16.2. The molecular formula is C12H13F2NO5S. The van der Waals surface area contributed by atoms with Gasteiger partial charge in [-0.25, -0.2) is 22.0 Å². The quantitative estimate of drug-likeness (QED) is 0.793. The molecule has 0 aromatic heterocycles. The van der Waals surface area contributed by atoms with Crippen LogP contribution in [0.25, 0.3) is 0 Å². The Labute approximate surface area is 119 Å². The van der Waals surface area contributed by atoms with Gasteiger partial charge in [0.05, 0.1) is 11.5 Å². The van der Waals surface area contributed by atoms with Gasteiger partial charge in [0.25, 0.3) is 0 Å². The van der Waals surface area contributed by atoms with Crippen LogP contribution in [0.4, 0.5) is 8.78 Å². The molecular weight excluding hydrogens is 308 g/mol. The lowest BCUT2D eigenvalue weighted by Gasteiger charge is -2.13. The number of sulfone groups is 1. The van der Waals surface area contributed by atoms with Gasteiger partial charge in [-0.05, 0) is 6.07 Å². The number of rotatable bonds is 6. The fourth-order valence-corrected chi connectivity index (χ4v) is 3.18. The molecule has 0 aliphatic rings. The lowest BCUT2D eigenvalue weighted by molar-refractivity contribution is -0.140. The highest BCUT2D eigenvalue weighted by Gasteiger charge is 2.27. The second kappa shape index (κ2) is 6.61. The summed E-state index contributed by atoms with van der Waals surface area (Å²) in [5.41, 5.74) is -0.401. The summed E-state index contributed by atoms with van der Waals surface area (Å²) in [4.78, 5) is 21.7. The normalized spacial score (nSPS) is 12.7. The van der Waals surface area contributed by atoms with Gasteiger partial charge in [0.15, 0.2) is 21.5 Å². The molecule has 1 aromatic rings. The maximum absolute atomic E-state index is 13.4. The van der Waals surface area contributed by atoms with Crippen LogP contribution in [0.5, 0.6) is 0 Å². The molecule has 1 aromatic carbocycles. The van der Waals surface area contributed by atoms with E-state index in [0.717, 1.165) is 25.1 Å². The van der Waals surface area contributed by atoms with E-state index in [2.05, 4.69) is 0 Å². The van der Waals surface area contributed by atoms with Crippen molar-refractivity contribution < 1.29 is 31.9 Å². The number of carboxylic acids is 1. The van der Waals surface area contributed by atoms with E-state index in [4.69, 9.17) is 5.11 Å². The number of hydrogen-bond donors (Lipinski definition) is 2. The third-order valence-electron chi connectivity index (χ3n) is 2.50. The van der Waals surface area contributed by atoms with Crippen LogP contribution in [0.15, 0.2) is 18.2 Å². The van der Waals surface area contributed by atoms with Crippen LogP contribution in [0.1, 0.15) is 12.5 Å². The molecule has 0 saturated heterocycles. The molecule has 0 saturated carbocycles. The first-order valence-corrected chi connectivity index (χ1v) is 7.58. The average Bonchev–Trinajstić information content (AvgIpc) is 2.33. The van der Waals surface area contributed by atoms with Gasteiger partial charge in [0.2, 0.25) is 5.91 Å². The van der Waals surface area contributed by atoms with Crippen molar-refractivity contribution in [2.45, 2.75) is 18.7 Å². The van der Waals surface area contributed by atoms with Gasteiger partial charge in [0, 0.05) is 12.5 Å². The Morgan fingerprint density at radius 2 is 1.95 bits per heavy atom. The van der Waals surface area contributed by atoms with Gasteiger partial charge in [-0.3, -0.25) is 4.79 Å². The highest BCUT2D eigenvalue weighted by Crippen LogP contribution is 2.15. The first-order chi connectivity index (χ1) is 9.62. The molecule has 1 atom stereocenters. The second-order valence-electron chi connectivity index (χ2n) is 4.36. The predicted octanol–water partition coefficient (Wildman–Crippen LogP) is 0.469. The number of benzene rings is 1. The maximum Gasteiger partial charge on any atom is 0.327 e. The third kappa shape index (κ3) is 5.10. The van der Waals surface area contributed by atoms with Gasteiger partial charge in [0.1, 0.15) is 6.04 Å². The fraction of sp³-hybridized carbons (Fsp3) is 0.333. The van der Waals surface area contributed by atoms with Crippen LogP contribution in [0.2, 0.25) is 0 Å². The topological polar surface area (TPSA) is 101 Å². The molecule has 1 rings (SSSR count). The van der Waals surface area contributed by atoms with Crippen molar-refractivity contribution in [2.75, 3.05) is 5.75 Å². The molecule has 0 unspecified atom stereocenters. The van der Waals surface area contributed by atoms with Gasteiger partial charge < -0.3 is 10.4 Å². The number of nitrogens with one attached hydrogen (secondary N) is 1. The lowest BCUT2D eigenvalue weighted by Crippen LogP contribution is -2.44. The van der Waals surface area contributed by atoms with Gasteiger partial charge in [-0.1, -0.05) is 12.1 Å². The largest absolute Gasteiger partial charge is 0.480 e. The Hall–Kier alpha value is -2.03. The Morgan fingerprint density at radius 3 is 2.48 bits per heavy atom. The minimum Gasteiger partial charge on any atom is -0.480 e. The van der Waals surface area contributed by atoms with Crippen LogP contribution < -0.4 is 5.32 Å². The van der Waals surface area contributed by atoms with Crippen molar-refractivity contribution in [3.05, 3.63) is 35.4 Å². The van der Waals surface area contributed by atoms with Crippen LogP contribution in [0, 0.1) is 11.6 Å². The van der Waals surface area contributed by atoms with E-state index in [-0.39, 0.29) is 0 Å². The molecule has 21 heavy (non-hydrogen) atoms. The fourth-order valence-electron chi connectivity index (χ4n) is 1.63. The summed E-state index contributed by atoms with van der Waals surface area (Å²) in [6.07, 6.45) is 0. The molecule has 0 bridgehead atoms. The molecule has 0 aliphatic carbocycles. The van der Waals surface area contributed by atoms with E-state index in [9.17, 15) is 26.8 Å². The van der Waals surface area contributed by atoms with E-state index in [0.29, 0.717) is 0 Å². The minimum absolute atomic E-state index is 0.401. The first kappa shape index (κ1) is 17.0. The Bertz CT molecular complexity index is 660. The molecule has 0 heterocycles.